The fourth-order valence-corrected chi connectivity index (χ4v) is 2.67. The van der Waals surface area contributed by atoms with Gasteiger partial charge in [-0.2, -0.15) is 5.48 Å². The summed E-state index contributed by atoms with van der Waals surface area (Å²) in [6.07, 6.45) is -0.449. The van der Waals surface area contributed by atoms with E-state index in [1.54, 1.807) is 44.4 Å². The van der Waals surface area contributed by atoms with Gasteiger partial charge in [-0.3, -0.25) is 4.79 Å². The second kappa shape index (κ2) is 8.20. The van der Waals surface area contributed by atoms with Gasteiger partial charge in [0.05, 0.1) is 6.04 Å². The molecule has 134 valence electrons. The molecule has 2 rings (SSSR count). The molecule has 0 fully saturated rings. The van der Waals surface area contributed by atoms with Gasteiger partial charge in [0.15, 0.2) is 0 Å². The zero-order chi connectivity index (χ0) is 18.6. The molecule has 2 unspecified atom stereocenters. The maximum Gasteiger partial charge on any atom is 0.253 e. The summed E-state index contributed by atoms with van der Waals surface area (Å²) in [6, 6.07) is 11.6. The first-order chi connectivity index (χ1) is 11.9. The quantitative estimate of drug-likeness (QED) is 0.556. The van der Waals surface area contributed by atoms with Crippen molar-refractivity contribution in [2.45, 2.75) is 26.1 Å². The number of hydrogen-bond donors (Lipinski definition) is 3. The van der Waals surface area contributed by atoms with Crippen LogP contribution in [0.3, 0.4) is 0 Å². The van der Waals surface area contributed by atoms with Crippen LogP contribution in [-0.4, -0.2) is 42.3 Å². The molecule has 0 aliphatic heterocycles. The van der Waals surface area contributed by atoms with E-state index in [0.29, 0.717) is 11.1 Å². The molecule has 2 atom stereocenters. The van der Waals surface area contributed by atoms with Gasteiger partial charge >= 0.3 is 0 Å². The van der Waals surface area contributed by atoms with Gasteiger partial charge in [0.2, 0.25) is 0 Å². The molecule has 25 heavy (non-hydrogen) atoms. The Kier molecular flexibility index (Phi) is 6.25. The van der Waals surface area contributed by atoms with E-state index in [2.05, 4.69) is 10.8 Å². The molecule has 6 heteroatoms. The zero-order valence-corrected chi connectivity index (χ0v) is 14.9. The number of carbonyl (C=O) groups is 1. The van der Waals surface area contributed by atoms with Crippen molar-refractivity contribution >= 4 is 5.91 Å². The van der Waals surface area contributed by atoms with E-state index in [-0.39, 0.29) is 17.8 Å². The van der Waals surface area contributed by atoms with Crippen LogP contribution in [0.1, 0.15) is 22.8 Å². The van der Waals surface area contributed by atoms with Gasteiger partial charge in [0.25, 0.3) is 5.91 Å². The lowest BCUT2D eigenvalue weighted by Crippen LogP contribution is -2.54. The molecule has 0 saturated carbocycles. The summed E-state index contributed by atoms with van der Waals surface area (Å²) in [5.74, 6) is -0.463. The fourth-order valence-electron chi connectivity index (χ4n) is 2.67. The van der Waals surface area contributed by atoms with Crippen molar-refractivity contribution in [2.24, 2.45) is 0 Å². The number of benzene rings is 2. The monoisotopic (exact) mass is 345 g/mol. The number of amides is 1. The first kappa shape index (κ1) is 19.1. The number of rotatable bonds is 6. The molecule has 0 saturated heterocycles. The van der Waals surface area contributed by atoms with E-state index in [9.17, 15) is 9.18 Å². The van der Waals surface area contributed by atoms with E-state index in [1.165, 1.54) is 11.0 Å². The molecule has 0 bridgehead atoms. The Hall–Kier alpha value is -2.28. The molecule has 0 radical (unpaired) electrons. The third-order valence-electron chi connectivity index (χ3n) is 4.43. The number of halogens is 1. The number of hydroxylamine groups is 1. The highest BCUT2D eigenvalue weighted by molar-refractivity contribution is 5.94. The maximum absolute atomic E-state index is 14.1. The summed E-state index contributed by atoms with van der Waals surface area (Å²) in [7, 11) is 3.36. The molecule has 2 aromatic carbocycles. The Balaban J connectivity index is 2.20. The molecule has 3 N–H and O–H groups in total. The summed E-state index contributed by atoms with van der Waals surface area (Å²) in [4.78, 5) is 14.1. The van der Waals surface area contributed by atoms with E-state index in [1.807, 2.05) is 19.9 Å². The minimum Gasteiger partial charge on any atom is -0.336 e. The second-order valence-corrected chi connectivity index (χ2v) is 6.11. The lowest BCUT2D eigenvalue weighted by Gasteiger charge is -2.31. The smallest absolute Gasteiger partial charge is 0.253 e. The molecule has 0 heterocycles. The molecular weight excluding hydrogens is 321 g/mol. The first-order valence-corrected chi connectivity index (χ1v) is 8.09. The van der Waals surface area contributed by atoms with Crippen LogP contribution in [-0.2, 0) is 0 Å². The van der Waals surface area contributed by atoms with Crippen LogP contribution in [0.5, 0.6) is 0 Å². The van der Waals surface area contributed by atoms with Crippen molar-refractivity contribution in [3.05, 3.63) is 59.4 Å². The number of likely N-dealkylation sites (N-methyl/N-ethyl adjacent to an activating group) is 2. The first-order valence-electron chi connectivity index (χ1n) is 8.09. The van der Waals surface area contributed by atoms with Gasteiger partial charge in [-0.15, -0.1) is 0 Å². The van der Waals surface area contributed by atoms with E-state index >= 15 is 0 Å². The molecule has 0 aromatic heterocycles. The Bertz CT molecular complexity index is 730. The Morgan fingerprint density at radius 1 is 1.20 bits per heavy atom. The van der Waals surface area contributed by atoms with Crippen molar-refractivity contribution in [3.63, 3.8) is 0 Å². The highest BCUT2D eigenvalue weighted by Gasteiger charge is 2.23. The van der Waals surface area contributed by atoms with Crippen LogP contribution in [0.4, 0.5) is 4.39 Å². The van der Waals surface area contributed by atoms with Crippen molar-refractivity contribution in [1.29, 1.82) is 0 Å². The molecular formula is C19H24FN3O2. The van der Waals surface area contributed by atoms with Crippen LogP contribution in [0, 0.1) is 12.7 Å². The SMILES string of the molecule is CNC(NO)C(C)N(C)C(=O)c1ccc(-c2ccc(C)cc2F)cc1. The molecule has 0 aliphatic rings. The predicted molar refractivity (Wildman–Crippen MR) is 95.9 cm³/mol. The summed E-state index contributed by atoms with van der Waals surface area (Å²) < 4.78 is 14.1. The third kappa shape index (κ3) is 4.22. The van der Waals surface area contributed by atoms with E-state index in [0.717, 1.165) is 11.1 Å². The third-order valence-corrected chi connectivity index (χ3v) is 4.43. The number of nitrogens with zero attached hydrogens (tertiary/aromatic N) is 1. The van der Waals surface area contributed by atoms with Gasteiger partial charge in [0, 0.05) is 18.2 Å². The normalized spacial score (nSPS) is 13.4. The topological polar surface area (TPSA) is 64.6 Å². The standard InChI is InChI=1S/C19H24FN3O2/c1-12-5-10-16(17(20)11-12)14-6-8-15(9-7-14)19(24)23(4)13(2)18(21-3)22-25/h5-11,13,18,21-22,25H,1-4H3. The van der Waals surface area contributed by atoms with Crippen molar-refractivity contribution in [3.8, 4) is 11.1 Å². The van der Waals surface area contributed by atoms with Crippen LogP contribution in [0.25, 0.3) is 11.1 Å². The summed E-state index contributed by atoms with van der Waals surface area (Å²) in [6.45, 7) is 3.66. The molecule has 1 amide bonds. The van der Waals surface area contributed by atoms with Gasteiger partial charge in [0.1, 0.15) is 12.0 Å². The number of nitrogens with one attached hydrogen (secondary N) is 2. The maximum atomic E-state index is 14.1. The van der Waals surface area contributed by atoms with Gasteiger partial charge in [-0.1, -0.05) is 24.3 Å². The fraction of sp³-hybridized carbons (Fsp3) is 0.316. The average molecular weight is 345 g/mol. The molecule has 0 aliphatic carbocycles. The van der Waals surface area contributed by atoms with Crippen LogP contribution in [0.15, 0.2) is 42.5 Å². The minimum absolute atomic E-state index is 0.182. The largest absolute Gasteiger partial charge is 0.336 e. The van der Waals surface area contributed by atoms with Crippen molar-refractivity contribution in [2.75, 3.05) is 14.1 Å². The highest BCUT2D eigenvalue weighted by atomic mass is 19.1. The Morgan fingerprint density at radius 2 is 1.84 bits per heavy atom. The Morgan fingerprint density at radius 3 is 2.36 bits per heavy atom. The molecule has 0 spiro atoms. The average Bonchev–Trinajstić information content (AvgIpc) is 2.61. The zero-order valence-electron chi connectivity index (χ0n) is 14.9. The Labute approximate surface area is 147 Å². The van der Waals surface area contributed by atoms with Gasteiger partial charge in [-0.25, -0.2) is 4.39 Å². The second-order valence-electron chi connectivity index (χ2n) is 6.11. The molecule has 5 nitrogen and oxygen atoms in total. The number of aryl methyl sites for hydroxylation is 1. The molecule has 2 aromatic rings. The predicted octanol–water partition coefficient (Wildman–Crippen LogP) is 2.79. The van der Waals surface area contributed by atoms with Gasteiger partial charge < -0.3 is 15.4 Å². The van der Waals surface area contributed by atoms with E-state index in [4.69, 9.17) is 5.21 Å². The lowest BCUT2D eigenvalue weighted by molar-refractivity contribution is 0.0493. The summed E-state index contributed by atoms with van der Waals surface area (Å²) in [5, 5.41) is 12.0. The van der Waals surface area contributed by atoms with Crippen LogP contribution >= 0.6 is 0 Å². The van der Waals surface area contributed by atoms with Crippen LogP contribution in [0.2, 0.25) is 0 Å². The van der Waals surface area contributed by atoms with Crippen molar-refractivity contribution < 1.29 is 14.4 Å². The van der Waals surface area contributed by atoms with Crippen LogP contribution < -0.4 is 10.8 Å². The van der Waals surface area contributed by atoms with Crippen molar-refractivity contribution in [1.82, 2.24) is 15.7 Å². The minimum atomic E-state index is -0.449. The van der Waals surface area contributed by atoms with Gasteiger partial charge in [-0.05, 0) is 50.2 Å². The summed E-state index contributed by atoms with van der Waals surface area (Å²) >= 11 is 0. The number of carbonyl (C=O) groups excluding carboxylic acids is 1. The summed E-state index contributed by atoms with van der Waals surface area (Å²) in [5.41, 5.74) is 4.72. The number of hydrogen-bond acceptors (Lipinski definition) is 4. The highest BCUT2D eigenvalue weighted by Crippen LogP contribution is 2.24. The van der Waals surface area contributed by atoms with E-state index < -0.39 is 6.17 Å². The lowest BCUT2D eigenvalue weighted by atomic mass is 10.0.